The predicted molar refractivity (Wildman–Crippen MR) is 40.3 cm³/mol. The fourth-order valence-electron chi connectivity index (χ4n) is 0.333. The second-order valence-corrected chi connectivity index (χ2v) is 1.86. The molecule has 0 aliphatic rings. The van der Waals surface area contributed by atoms with E-state index < -0.39 is 0 Å². The third kappa shape index (κ3) is 3.59. The van der Waals surface area contributed by atoms with Crippen LogP contribution < -0.4 is 0 Å². The lowest BCUT2D eigenvalue weighted by Gasteiger charge is -1.91. The molecule has 1 nitrogen and oxygen atoms in total. The summed E-state index contributed by atoms with van der Waals surface area (Å²) in [4.78, 5) is 0. The van der Waals surface area contributed by atoms with E-state index in [2.05, 4.69) is 6.58 Å². The molecule has 0 saturated carbocycles. The third-order valence-electron chi connectivity index (χ3n) is 1.05. The molecule has 0 saturated heterocycles. The smallest absolute Gasteiger partial charge is 0.0920 e. The van der Waals surface area contributed by atoms with E-state index in [-0.39, 0.29) is 0 Å². The molecule has 0 atom stereocenters. The van der Waals surface area contributed by atoms with E-state index in [1.165, 1.54) is 0 Å². The Labute approximate surface area is 56.0 Å². The highest BCUT2D eigenvalue weighted by atomic mass is 16.3. The Morgan fingerprint density at radius 1 is 1.44 bits per heavy atom. The van der Waals surface area contributed by atoms with Crippen LogP contribution in [0.4, 0.5) is 0 Å². The van der Waals surface area contributed by atoms with Gasteiger partial charge in [0.25, 0.3) is 0 Å². The zero-order valence-electron chi connectivity index (χ0n) is 5.89. The molecule has 0 unspecified atom stereocenters. The first-order chi connectivity index (χ1) is 4.18. The molecule has 0 aliphatic carbocycles. The summed E-state index contributed by atoms with van der Waals surface area (Å²) < 4.78 is 0. The number of allylic oxidation sites excluding steroid dienone is 5. The number of aliphatic hydroxyl groups excluding tert-OH is 1. The van der Waals surface area contributed by atoms with Crippen LogP contribution in [0, 0.1) is 0 Å². The van der Waals surface area contributed by atoms with Gasteiger partial charge in [0.15, 0.2) is 0 Å². The zero-order valence-corrected chi connectivity index (χ0v) is 5.89. The quantitative estimate of drug-likeness (QED) is 0.443. The summed E-state index contributed by atoms with van der Waals surface area (Å²) in [5, 5.41) is 8.84. The standard InChI is InChI=1S/C8H12O/c1-4-5-6-7(2)8(3)9/h4-6,9H,1H2,2-3H3/b6-5-,8-7+. The normalized spacial score (nSPS) is 13.6. The van der Waals surface area contributed by atoms with E-state index in [1.54, 1.807) is 19.1 Å². The lowest BCUT2D eigenvalue weighted by atomic mass is 10.2. The Balaban J connectivity index is 4.06. The van der Waals surface area contributed by atoms with Gasteiger partial charge in [-0.25, -0.2) is 0 Å². The highest BCUT2D eigenvalue weighted by Gasteiger charge is 1.84. The van der Waals surface area contributed by atoms with Gasteiger partial charge in [-0.05, 0) is 19.4 Å². The van der Waals surface area contributed by atoms with Crippen LogP contribution in [0.1, 0.15) is 13.8 Å². The third-order valence-corrected chi connectivity index (χ3v) is 1.05. The Bertz CT molecular complexity index is 148. The van der Waals surface area contributed by atoms with Crippen molar-refractivity contribution in [2.75, 3.05) is 0 Å². The van der Waals surface area contributed by atoms with Gasteiger partial charge in [0.2, 0.25) is 0 Å². The van der Waals surface area contributed by atoms with Crippen LogP contribution in [0.2, 0.25) is 0 Å². The van der Waals surface area contributed by atoms with Gasteiger partial charge < -0.3 is 5.11 Å². The van der Waals surface area contributed by atoms with Crippen LogP contribution in [0.5, 0.6) is 0 Å². The van der Waals surface area contributed by atoms with E-state index >= 15 is 0 Å². The van der Waals surface area contributed by atoms with Crippen molar-refractivity contribution in [1.29, 1.82) is 0 Å². The van der Waals surface area contributed by atoms with Crippen molar-refractivity contribution in [3.05, 3.63) is 36.1 Å². The Morgan fingerprint density at radius 2 is 2.00 bits per heavy atom. The predicted octanol–water partition coefficient (Wildman–Crippen LogP) is 2.58. The molecule has 0 spiro atoms. The molecule has 0 bridgehead atoms. The Kier molecular flexibility index (Phi) is 3.52. The molecule has 0 rings (SSSR count). The average Bonchev–Trinajstić information content (AvgIpc) is 1.82. The van der Waals surface area contributed by atoms with Crippen LogP contribution >= 0.6 is 0 Å². The van der Waals surface area contributed by atoms with Gasteiger partial charge in [-0.1, -0.05) is 24.8 Å². The lowest BCUT2D eigenvalue weighted by Crippen LogP contribution is -1.75. The number of aliphatic hydroxyl groups is 1. The fourth-order valence-corrected chi connectivity index (χ4v) is 0.333. The fraction of sp³-hybridized carbons (Fsp3) is 0.250. The van der Waals surface area contributed by atoms with E-state index in [0.717, 1.165) is 5.57 Å². The molecular weight excluding hydrogens is 112 g/mol. The molecule has 9 heavy (non-hydrogen) atoms. The van der Waals surface area contributed by atoms with Crippen molar-refractivity contribution in [3.8, 4) is 0 Å². The number of rotatable bonds is 2. The highest BCUT2D eigenvalue weighted by molar-refractivity contribution is 5.20. The summed E-state index contributed by atoms with van der Waals surface area (Å²) in [6.45, 7) is 7.00. The summed E-state index contributed by atoms with van der Waals surface area (Å²) in [6, 6.07) is 0. The molecule has 0 amide bonds. The van der Waals surface area contributed by atoms with Crippen LogP contribution in [-0.2, 0) is 0 Å². The van der Waals surface area contributed by atoms with Crippen molar-refractivity contribution < 1.29 is 5.11 Å². The first-order valence-corrected chi connectivity index (χ1v) is 2.84. The maximum atomic E-state index is 8.84. The van der Waals surface area contributed by atoms with E-state index in [9.17, 15) is 0 Å². The van der Waals surface area contributed by atoms with Crippen molar-refractivity contribution in [1.82, 2.24) is 0 Å². The Morgan fingerprint density at radius 3 is 2.33 bits per heavy atom. The van der Waals surface area contributed by atoms with Crippen molar-refractivity contribution >= 4 is 0 Å². The largest absolute Gasteiger partial charge is 0.512 e. The molecule has 50 valence electrons. The van der Waals surface area contributed by atoms with E-state index in [4.69, 9.17) is 5.11 Å². The van der Waals surface area contributed by atoms with Crippen molar-refractivity contribution in [3.63, 3.8) is 0 Å². The molecule has 0 radical (unpaired) electrons. The second kappa shape index (κ2) is 3.96. The van der Waals surface area contributed by atoms with E-state index in [1.807, 2.05) is 13.0 Å². The van der Waals surface area contributed by atoms with Gasteiger partial charge in [0, 0.05) is 0 Å². The van der Waals surface area contributed by atoms with Crippen molar-refractivity contribution in [2.45, 2.75) is 13.8 Å². The maximum absolute atomic E-state index is 8.84. The van der Waals surface area contributed by atoms with Gasteiger partial charge in [0.1, 0.15) is 0 Å². The summed E-state index contributed by atoms with van der Waals surface area (Å²) in [6.07, 6.45) is 5.27. The first-order valence-electron chi connectivity index (χ1n) is 2.84. The number of hydrogen-bond donors (Lipinski definition) is 1. The van der Waals surface area contributed by atoms with Crippen LogP contribution in [-0.4, -0.2) is 5.11 Å². The minimum Gasteiger partial charge on any atom is -0.512 e. The maximum Gasteiger partial charge on any atom is 0.0920 e. The van der Waals surface area contributed by atoms with Gasteiger partial charge in [-0.2, -0.15) is 0 Å². The number of hydrogen-bond acceptors (Lipinski definition) is 1. The highest BCUT2D eigenvalue weighted by Crippen LogP contribution is 1.99. The summed E-state index contributed by atoms with van der Waals surface area (Å²) in [7, 11) is 0. The first kappa shape index (κ1) is 8.02. The van der Waals surface area contributed by atoms with Gasteiger partial charge in [-0.3, -0.25) is 0 Å². The molecule has 0 aromatic rings. The molecule has 0 aromatic heterocycles. The van der Waals surface area contributed by atoms with Gasteiger partial charge >= 0.3 is 0 Å². The van der Waals surface area contributed by atoms with Crippen LogP contribution in [0.3, 0.4) is 0 Å². The Hall–Kier alpha value is -0.980. The molecule has 0 aromatic carbocycles. The molecule has 1 heteroatoms. The summed E-state index contributed by atoms with van der Waals surface area (Å²) >= 11 is 0. The van der Waals surface area contributed by atoms with E-state index in [0.29, 0.717) is 5.76 Å². The molecule has 0 aliphatic heterocycles. The van der Waals surface area contributed by atoms with Gasteiger partial charge in [0.05, 0.1) is 5.76 Å². The summed E-state index contributed by atoms with van der Waals surface area (Å²) in [5.74, 6) is 0.355. The van der Waals surface area contributed by atoms with Gasteiger partial charge in [-0.15, -0.1) is 0 Å². The molecule has 0 heterocycles. The van der Waals surface area contributed by atoms with Crippen LogP contribution in [0.15, 0.2) is 36.1 Å². The zero-order chi connectivity index (χ0) is 7.28. The summed E-state index contributed by atoms with van der Waals surface area (Å²) in [5.41, 5.74) is 0.870. The monoisotopic (exact) mass is 124 g/mol. The average molecular weight is 124 g/mol. The minimum atomic E-state index is 0.355. The van der Waals surface area contributed by atoms with Crippen molar-refractivity contribution in [2.24, 2.45) is 0 Å². The minimum absolute atomic E-state index is 0.355. The SMILES string of the molecule is C=C/C=C\C(C)=C(/C)O. The lowest BCUT2D eigenvalue weighted by molar-refractivity contribution is 0.409. The molecule has 0 fully saturated rings. The molecular formula is C8H12O. The topological polar surface area (TPSA) is 20.2 Å². The van der Waals surface area contributed by atoms with Crippen LogP contribution in [0.25, 0.3) is 0 Å². The second-order valence-electron chi connectivity index (χ2n) is 1.86. The molecule has 1 N–H and O–H groups in total.